The highest BCUT2D eigenvalue weighted by Crippen LogP contribution is 2.32. The Kier molecular flexibility index (Phi) is 4.07. The molecule has 0 radical (unpaired) electrons. The zero-order valence-corrected chi connectivity index (χ0v) is 12.3. The van der Waals surface area contributed by atoms with Gasteiger partial charge in [0.05, 0.1) is 17.4 Å². The van der Waals surface area contributed by atoms with Gasteiger partial charge in [-0.25, -0.2) is 0 Å². The summed E-state index contributed by atoms with van der Waals surface area (Å²) in [6, 6.07) is 10.0. The van der Waals surface area contributed by atoms with Gasteiger partial charge in [0.25, 0.3) is 0 Å². The van der Waals surface area contributed by atoms with Gasteiger partial charge in [-0.05, 0) is 38.7 Å². The van der Waals surface area contributed by atoms with E-state index in [-0.39, 0.29) is 17.2 Å². The number of nitrogens with zero attached hydrogens (tertiary/aromatic N) is 1. The average molecular weight is 271 g/mol. The molecular weight excluding hydrogens is 250 g/mol. The Bertz CT molecular complexity index is 550. The fourth-order valence-corrected chi connectivity index (χ4v) is 2.53. The standard InChI is InChI=1S/C17H21NO2/c1-17(2,3)18-15-9-13(10-16(20)14(15)11-19)12-7-5-4-6-8-12/h4-8,11,13,19H,9-10H2,1-3H3/b14-11-,18-15?. The summed E-state index contributed by atoms with van der Waals surface area (Å²) in [6.45, 7) is 5.98. The van der Waals surface area contributed by atoms with Crippen molar-refractivity contribution in [3.8, 4) is 0 Å². The lowest BCUT2D eigenvalue weighted by Gasteiger charge is -2.26. The average Bonchev–Trinajstić information content (AvgIpc) is 2.37. The number of carbonyl (C=O) groups is 1. The van der Waals surface area contributed by atoms with Crippen LogP contribution in [-0.2, 0) is 4.79 Å². The number of hydrogen-bond donors (Lipinski definition) is 1. The Morgan fingerprint density at radius 1 is 1.20 bits per heavy atom. The van der Waals surface area contributed by atoms with Crippen molar-refractivity contribution < 1.29 is 9.90 Å². The minimum Gasteiger partial charge on any atom is -0.515 e. The van der Waals surface area contributed by atoms with Crippen LogP contribution in [-0.4, -0.2) is 22.1 Å². The number of Topliss-reactive ketones (excluding diaryl/α,β-unsaturated/α-hetero) is 1. The molecule has 1 N–H and O–H groups in total. The summed E-state index contributed by atoms with van der Waals surface area (Å²) < 4.78 is 0. The second kappa shape index (κ2) is 5.61. The normalized spacial score (nSPS) is 24.4. The molecule has 0 bridgehead atoms. The predicted octanol–water partition coefficient (Wildman–Crippen LogP) is 3.81. The fraction of sp³-hybridized carbons (Fsp3) is 0.412. The molecule has 0 amide bonds. The highest BCUT2D eigenvalue weighted by molar-refractivity contribution is 6.24. The number of carbonyl (C=O) groups excluding carboxylic acids is 1. The van der Waals surface area contributed by atoms with Crippen LogP contribution in [0.4, 0.5) is 0 Å². The number of aliphatic hydroxyl groups excluding tert-OH is 1. The second-order valence-corrected chi connectivity index (χ2v) is 6.21. The molecule has 0 heterocycles. The van der Waals surface area contributed by atoms with Crippen molar-refractivity contribution in [2.45, 2.75) is 45.1 Å². The fourth-order valence-electron chi connectivity index (χ4n) is 2.53. The van der Waals surface area contributed by atoms with Gasteiger partial charge in [-0.3, -0.25) is 9.79 Å². The lowest BCUT2D eigenvalue weighted by atomic mass is 9.79. The third kappa shape index (κ3) is 3.35. The van der Waals surface area contributed by atoms with E-state index in [0.717, 1.165) is 11.8 Å². The quantitative estimate of drug-likeness (QED) is 0.623. The van der Waals surface area contributed by atoms with Crippen LogP contribution in [0.2, 0.25) is 0 Å². The van der Waals surface area contributed by atoms with Crippen LogP contribution in [0.1, 0.15) is 45.1 Å². The lowest BCUT2D eigenvalue weighted by Crippen LogP contribution is -2.27. The van der Waals surface area contributed by atoms with Gasteiger partial charge in [-0.2, -0.15) is 0 Å². The maximum atomic E-state index is 12.2. The summed E-state index contributed by atoms with van der Waals surface area (Å²) >= 11 is 0. The molecule has 3 nitrogen and oxygen atoms in total. The van der Waals surface area contributed by atoms with Gasteiger partial charge in [-0.1, -0.05) is 30.3 Å². The topological polar surface area (TPSA) is 49.7 Å². The SMILES string of the molecule is CC(C)(C)N=C1CC(c2ccccc2)CC(=O)/C1=C\O. The molecule has 1 unspecified atom stereocenters. The van der Waals surface area contributed by atoms with Crippen molar-refractivity contribution >= 4 is 11.5 Å². The minimum atomic E-state index is -0.261. The minimum absolute atomic E-state index is 0.0318. The third-order valence-electron chi connectivity index (χ3n) is 3.35. The zero-order valence-electron chi connectivity index (χ0n) is 12.3. The molecule has 20 heavy (non-hydrogen) atoms. The number of aliphatic imine (C=N–C) groups is 1. The Morgan fingerprint density at radius 2 is 1.85 bits per heavy atom. The first-order chi connectivity index (χ1) is 9.40. The molecule has 106 valence electrons. The van der Waals surface area contributed by atoms with Crippen LogP contribution >= 0.6 is 0 Å². The van der Waals surface area contributed by atoms with Crippen molar-refractivity contribution in [3.63, 3.8) is 0 Å². The first-order valence-corrected chi connectivity index (χ1v) is 6.92. The summed E-state index contributed by atoms with van der Waals surface area (Å²) in [4.78, 5) is 16.8. The van der Waals surface area contributed by atoms with E-state index in [9.17, 15) is 9.90 Å². The molecule has 2 rings (SSSR count). The number of rotatable bonds is 1. The summed E-state index contributed by atoms with van der Waals surface area (Å²) in [5, 5.41) is 9.32. The molecule has 0 spiro atoms. The summed E-state index contributed by atoms with van der Waals surface area (Å²) in [5.74, 6) is 0.115. The summed E-state index contributed by atoms with van der Waals surface area (Å²) in [6.07, 6.45) is 2.03. The van der Waals surface area contributed by atoms with Crippen LogP contribution in [0.5, 0.6) is 0 Å². The Balaban J connectivity index is 2.35. The van der Waals surface area contributed by atoms with Crippen LogP contribution in [0.25, 0.3) is 0 Å². The molecule has 1 aromatic carbocycles. The van der Waals surface area contributed by atoms with E-state index >= 15 is 0 Å². The van der Waals surface area contributed by atoms with Crippen LogP contribution in [0, 0.1) is 0 Å². The zero-order chi connectivity index (χ0) is 14.8. The van der Waals surface area contributed by atoms with Gasteiger partial charge in [-0.15, -0.1) is 0 Å². The molecule has 1 atom stereocenters. The maximum absolute atomic E-state index is 12.2. The van der Waals surface area contributed by atoms with Gasteiger partial charge in [0.1, 0.15) is 0 Å². The summed E-state index contributed by atoms with van der Waals surface area (Å²) in [5.41, 5.74) is 1.97. The first kappa shape index (κ1) is 14.5. The van der Waals surface area contributed by atoms with Gasteiger partial charge < -0.3 is 5.11 Å². The van der Waals surface area contributed by atoms with E-state index in [4.69, 9.17) is 0 Å². The maximum Gasteiger partial charge on any atom is 0.168 e. The van der Waals surface area contributed by atoms with Gasteiger partial charge in [0, 0.05) is 12.1 Å². The largest absolute Gasteiger partial charge is 0.515 e. The van der Waals surface area contributed by atoms with E-state index in [1.807, 2.05) is 51.1 Å². The van der Waals surface area contributed by atoms with Gasteiger partial charge in [0.15, 0.2) is 5.78 Å². The van der Waals surface area contributed by atoms with E-state index in [1.165, 1.54) is 0 Å². The van der Waals surface area contributed by atoms with Crippen molar-refractivity contribution in [3.05, 3.63) is 47.7 Å². The van der Waals surface area contributed by atoms with Crippen molar-refractivity contribution in [2.75, 3.05) is 0 Å². The second-order valence-electron chi connectivity index (χ2n) is 6.21. The van der Waals surface area contributed by atoms with Crippen LogP contribution in [0.3, 0.4) is 0 Å². The number of allylic oxidation sites excluding steroid dienone is 1. The van der Waals surface area contributed by atoms with Crippen molar-refractivity contribution in [1.82, 2.24) is 0 Å². The molecule has 1 saturated carbocycles. The highest BCUT2D eigenvalue weighted by atomic mass is 16.2. The molecule has 0 aromatic heterocycles. The molecule has 1 aliphatic carbocycles. The van der Waals surface area contributed by atoms with Gasteiger partial charge in [0.2, 0.25) is 0 Å². The Hall–Kier alpha value is -1.90. The van der Waals surface area contributed by atoms with E-state index in [2.05, 4.69) is 4.99 Å². The monoisotopic (exact) mass is 271 g/mol. The number of ketones is 1. The number of aliphatic hydroxyl groups is 1. The molecule has 3 heteroatoms. The smallest absolute Gasteiger partial charge is 0.168 e. The summed E-state index contributed by atoms with van der Waals surface area (Å²) in [7, 11) is 0. The Labute approximate surface area is 120 Å². The molecule has 1 fully saturated rings. The van der Waals surface area contributed by atoms with Gasteiger partial charge >= 0.3 is 0 Å². The van der Waals surface area contributed by atoms with Crippen molar-refractivity contribution in [1.29, 1.82) is 0 Å². The van der Waals surface area contributed by atoms with Crippen LogP contribution in [0.15, 0.2) is 47.2 Å². The first-order valence-electron chi connectivity index (χ1n) is 6.92. The highest BCUT2D eigenvalue weighted by Gasteiger charge is 2.30. The molecule has 1 aliphatic rings. The molecule has 0 aliphatic heterocycles. The lowest BCUT2D eigenvalue weighted by molar-refractivity contribution is -0.115. The molecule has 0 saturated heterocycles. The van der Waals surface area contributed by atoms with E-state index in [1.54, 1.807) is 0 Å². The van der Waals surface area contributed by atoms with Crippen molar-refractivity contribution in [2.24, 2.45) is 4.99 Å². The van der Waals surface area contributed by atoms with E-state index in [0.29, 0.717) is 24.1 Å². The predicted molar refractivity (Wildman–Crippen MR) is 81.3 cm³/mol. The third-order valence-corrected chi connectivity index (χ3v) is 3.35. The van der Waals surface area contributed by atoms with E-state index < -0.39 is 0 Å². The Morgan fingerprint density at radius 3 is 2.40 bits per heavy atom. The number of benzene rings is 1. The van der Waals surface area contributed by atoms with Crippen LogP contribution < -0.4 is 0 Å². The number of hydrogen-bond acceptors (Lipinski definition) is 3. The molecule has 1 aromatic rings. The molecular formula is C17H21NO2.